The number of hydrogen-bond acceptors (Lipinski definition) is 2. The Kier molecular flexibility index (Phi) is 5.26. The topological polar surface area (TPSA) is 27.1 Å². The largest absolute Gasteiger partial charge is 0.496 e. The van der Waals surface area contributed by atoms with E-state index in [2.05, 4.69) is 5.10 Å². The maximum Gasteiger partial charge on any atom is 0.435 e. The quantitative estimate of drug-likeness (QED) is 0.562. The molecule has 0 fully saturated rings. The van der Waals surface area contributed by atoms with Crippen LogP contribution in [0, 0.1) is 6.92 Å². The molecule has 2 aromatic carbocycles. The van der Waals surface area contributed by atoms with Crippen LogP contribution in [-0.4, -0.2) is 16.9 Å². The third-order valence-corrected chi connectivity index (χ3v) is 4.37. The normalized spacial score (nSPS) is 11.6. The molecule has 6 heteroatoms. The van der Waals surface area contributed by atoms with E-state index in [0.29, 0.717) is 16.9 Å². The summed E-state index contributed by atoms with van der Waals surface area (Å²) in [4.78, 5) is 0. The number of alkyl halides is 3. The molecular weight excluding hydrogens is 353 g/mol. The van der Waals surface area contributed by atoms with Gasteiger partial charge in [-0.25, -0.2) is 4.68 Å². The molecule has 1 heterocycles. The lowest BCUT2D eigenvalue weighted by Crippen LogP contribution is -2.07. The maximum atomic E-state index is 13.3. The van der Waals surface area contributed by atoms with Crippen molar-refractivity contribution in [3.05, 3.63) is 65.4 Å². The second-order valence-corrected chi connectivity index (χ2v) is 6.44. The number of hydrogen-bond donors (Lipinski definition) is 0. The molecule has 0 aliphatic rings. The van der Waals surface area contributed by atoms with E-state index >= 15 is 0 Å². The lowest BCUT2D eigenvalue weighted by Gasteiger charge is -2.12. The Morgan fingerprint density at radius 1 is 1.04 bits per heavy atom. The van der Waals surface area contributed by atoms with Gasteiger partial charge in [0.15, 0.2) is 5.69 Å². The Bertz CT molecular complexity index is 928. The van der Waals surface area contributed by atoms with Crippen LogP contribution in [0.1, 0.15) is 30.2 Å². The van der Waals surface area contributed by atoms with Gasteiger partial charge in [-0.15, -0.1) is 0 Å². The van der Waals surface area contributed by atoms with E-state index in [1.165, 1.54) is 4.68 Å². The number of ether oxygens (including phenoxy) is 1. The fraction of sp³-hybridized carbons (Fsp3) is 0.286. The Balaban J connectivity index is 2.18. The van der Waals surface area contributed by atoms with Crippen LogP contribution in [-0.2, 0) is 12.6 Å². The lowest BCUT2D eigenvalue weighted by atomic mass is 10.0. The Morgan fingerprint density at radius 3 is 2.33 bits per heavy atom. The second-order valence-electron chi connectivity index (χ2n) is 6.44. The average molecular weight is 374 g/mol. The highest BCUT2D eigenvalue weighted by molar-refractivity contribution is 5.65. The molecule has 142 valence electrons. The van der Waals surface area contributed by atoms with Gasteiger partial charge in [-0.05, 0) is 55.3 Å². The SMILES string of the molecule is CCCc1cc(-c2cc(C(F)(F)F)nn2-c2ccc(C)cc2)ccc1OC. The molecule has 0 aliphatic heterocycles. The molecule has 0 spiro atoms. The highest BCUT2D eigenvalue weighted by Gasteiger charge is 2.35. The second kappa shape index (κ2) is 7.47. The van der Waals surface area contributed by atoms with Crippen molar-refractivity contribution in [2.45, 2.75) is 32.9 Å². The van der Waals surface area contributed by atoms with Gasteiger partial charge in [0, 0.05) is 5.56 Å². The van der Waals surface area contributed by atoms with E-state index in [1.807, 2.05) is 32.0 Å². The smallest absolute Gasteiger partial charge is 0.435 e. The number of halogens is 3. The molecule has 0 bridgehead atoms. The molecule has 1 aromatic heterocycles. The zero-order valence-corrected chi connectivity index (χ0v) is 15.5. The fourth-order valence-electron chi connectivity index (χ4n) is 3.01. The van der Waals surface area contributed by atoms with E-state index in [1.54, 1.807) is 31.4 Å². The molecular formula is C21H21F3N2O. The van der Waals surface area contributed by atoms with Gasteiger partial charge in [0.1, 0.15) is 5.75 Å². The first-order valence-electron chi connectivity index (χ1n) is 8.75. The lowest BCUT2D eigenvalue weighted by molar-refractivity contribution is -0.141. The van der Waals surface area contributed by atoms with Gasteiger partial charge in [-0.3, -0.25) is 0 Å². The van der Waals surface area contributed by atoms with Gasteiger partial charge in [0.2, 0.25) is 0 Å². The number of aryl methyl sites for hydroxylation is 2. The highest BCUT2D eigenvalue weighted by Crippen LogP contribution is 2.35. The Hall–Kier alpha value is -2.76. The van der Waals surface area contributed by atoms with Crippen molar-refractivity contribution < 1.29 is 17.9 Å². The zero-order chi connectivity index (χ0) is 19.6. The average Bonchev–Trinajstić information content (AvgIpc) is 3.08. The van der Waals surface area contributed by atoms with E-state index in [0.717, 1.165) is 35.8 Å². The van der Waals surface area contributed by atoms with Gasteiger partial charge in [0.05, 0.1) is 18.5 Å². The van der Waals surface area contributed by atoms with Crippen molar-refractivity contribution >= 4 is 0 Å². The molecule has 0 amide bonds. The predicted octanol–water partition coefficient (Wildman–Crippen LogP) is 5.83. The Labute approximate surface area is 156 Å². The fourth-order valence-corrected chi connectivity index (χ4v) is 3.01. The Morgan fingerprint density at radius 2 is 1.74 bits per heavy atom. The third kappa shape index (κ3) is 3.99. The van der Waals surface area contributed by atoms with Crippen LogP contribution in [0.2, 0.25) is 0 Å². The summed E-state index contributed by atoms with van der Waals surface area (Å²) in [5, 5.41) is 3.84. The van der Waals surface area contributed by atoms with Crippen LogP contribution in [0.25, 0.3) is 16.9 Å². The number of nitrogens with zero attached hydrogens (tertiary/aromatic N) is 2. The summed E-state index contributed by atoms with van der Waals surface area (Å²) in [6.45, 7) is 3.97. The van der Waals surface area contributed by atoms with Crippen molar-refractivity contribution in [2.24, 2.45) is 0 Å². The van der Waals surface area contributed by atoms with Crippen LogP contribution < -0.4 is 4.74 Å². The molecule has 3 rings (SSSR count). The van der Waals surface area contributed by atoms with E-state index in [9.17, 15) is 13.2 Å². The van der Waals surface area contributed by atoms with Gasteiger partial charge >= 0.3 is 6.18 Å². The first kappa shape index (κ1) is 19.0. The van der Waals surface area contributed by atoms with E-state index < -0.39 is 11.9 Å². The molecule has 0 aliphatic carbocycles. The summed E-state index contributed by atoms with van der Waals surface area (Å²) < 4.78 is 46.6. The van der Waals surface area contributed by atoms with Crippen LogP contribution in [0.15, 0.2) is 48.5 Å². The minimum absolute atomic E-state index is 0.395. The van der Waals surface area contributed by atoms with Crippen molar-refractivity contribution in [1.82, 2.24) is 9.78 Å². The zero-order valence-electron chi connectivity index (χ0n) is 15.5. The summed E-state index contributed by atoms with van der Waals surface area (Å²) in [5.74, 6) is 0.734. The van der Waals surface area contributed by atoms with Crippen molar-refractivity contribution in [2.75, 3.05) is 7.11 Å². The van der Waals surface area contributed by atoms with Crippen molar-refractivity contribution in [1.29, 1.82) is 0 Å². The maximum absolute atomic E-state index is 13.3. The van der Waals surface area contributed by atoms with Gasteiger partial charge in [-0.1, -0.05) is 31.0 Å². The predicted molar refractivity (Wildman–Crippen MR) is 99.3 cm³/mol. The van der Waals surface area contributed by atoms with E-state index in [-0.39, 0.29) is 0 Å². The number of rotatable bonds is 5. The number of methoxy groups -OCH3 is 1. The summed E-state index contributed by atoms with van der Waals surface area (Å²) in [7, 11) is 1.59. The molecule has 0 unspecified atom stereocenters. The van der Waals surface area contributed by atoms with E-state index in [4.69, 9.17) is 4.74 Å². The highest BCUT2D eigenvalue weighted by atomic mass is 19.4. The molecule has 3 nitrogen and oxygen atoms in total. The van der Waals surface area contributed by atoms with Crippen LogP contribution in [0.5, 0.6) is 5.75 Å². The number of aromatic nitrogens is 2. The monoisotopic (exact) mass is 374 g/mol. The molecule has 0 N–H and O–H groups in total. The summed E-state index contributed by atoms with van der Waals surface area (Å²) in [6, 6.07) is 13.8. The van der Waals surface area contributed by atoms with Crippen LogP contribution in [0.4, 0.5) is 13.2 Å². The summed E-state index contributed by atoms with van der Waals surface area (Å²) in [6.07, 6.45) is -2.82. The van der Waals surface area contributed by atoms with Crippen molar-refractivity contribution in [3.63, 3.8) is 0 Å². The van der Waals surface area contributed by atoms with Crippen molar-refractivity contribution in [3.8, 4) is 22.7 Å². The van der Waals surface area contributed by atoms with Gasteiger partial charge < -0.3 is 4.74 Å². The first-order valence-corrected chi connectivity index (χ1v) is 8.75. The summed E-state index contributed by atoms with van der Waals surface area (Å²) in [5.41, 5.74) is 2.72. The molecule has 3 aromatic rings. The minimum atomic E-state index is -4.51. The minimum Gasteiger partial charge on any atom is -0.496 e. The number of benzene rings is 2. The molecule has 0 saturated carbocycles. The van der Waals surface area contributed by atoms with Crippen LogP contribution in [0.3, 0.4) is 0 Å². The summed E-state index contributed by atoms with van der Waals surface area (Å²) >= 11 is 0. The molecule has 0 atom stereocenters. The third-order valence-electron chi connectivity index (χ3n) is 4.37. The van der Waals surface area contributed by atoms with Crippen LogP contribution >= 0.6 is 0 Å². The molecule has 27 heavy (non-hydrogen) atoms. The van der Waals surface area contributed by atoms with Gasteiger partial charge in [0.25, 0.3) is 0 Å². The molecule has 0 radical (unpaired) electrons. The standard InChI is InChI=1S/C21H21F3N2O/c1-4-5-16-12-15(8-11-19(16)27-3)18-13-20(21(22,23)24)25-26(18)17-9-6-14(2)7-10-17/h6-13H,4-5H2,1-3H3. The first-order chi connectivity index (χ1) is 12.8. The molecule has 0 saturated heterocycles. The van der Waals surface area contributed by atoms with Gasteiger partial charge in [-0.2, -0.15) is 18.3 Å².